The molecule has 1 atom stereocenters. The number of nitrogens with one attached hydrogen (secondary N) is 3. The van der Waals surface area contributed by atoms with Crippen molar-refractivity contribution < 1.29 is 26.9 Å². The number of hydrogen-bond acceptors (Lipinski definition) is 6. The molecule has 1 heterocycles. The van der Waals surface area contributed by atoms with Gasteiger partial charge in [-0.25, -0.2) is 12.8 Å². The molecular formula is C16H19FN4O5S. The highest BCUT2D eigenvalue weighted by molar-refractivity contribution is 7.89. The van der Waals surface area contributed by atoms with E-state index in [4.69, 9.17) is 4.52 Å². The van der Waals surface area contributed by atoms with Crippen LogP contribution in [0.2, 0.25) is 0 Å². The molecule has 0 aliphatic heterocycles. The minimum absolute atomic E-state index is 0.0836. The minimum Gasteiger partial charge on any atom is -0.360 e. The number of halogens is 1. The molecule has 0 radical (unpaired) electrons. The van der Waals surface area contributed by atoms with Crippen LogP contribution in [0.5, 0.6) is 0 Å². The number of carbonyl (C=O) groups is 2. The van der Waals surface area contributed by atoms with Crippen LogP contribution in [0.15, 0.2) is 33.7 Å². The first-order valence-corrected chi connectivity index (χ1v) is 9.37. The maximum absolute atomic E-state index is 12.8. The molecule has 0 bridgehead atoms. The molecule has 9 nitrogen and oxygen atoms in total. The largest absolute Gasteiger partial charge is 0.360 e. The highest BCUT2D eigenvalue weighted by Crippen LogP contribution is 2.18. The molecule has 2 amide bonds. The van der Waals surface area contributed by atoms with E-state index in [2.05, 4.69) is 20.7 Å². The van der Waals surface area contributed by atoms with Gasteiger partial charge in [0.2, 0.25) is 15.9 Å². The second-order valence-electron chi connectivity index (χ2n) is 5.84. The molecule has 1 aromatic heterocycles. The summed E-state index contributed by atoms with van der Waals surface area (Å²) >= 11 is 0. The van der Waals surface area contributed by atoms with Gasteiger partial charge in [0.1, 0.15) is 16.4 Å². The first kappa shape index (κ1) is 20.5. The number of rotatable bonds is 6. The number of carbonyl (C=O) groups excluding carboxylic acids is 2. The third-order valence-corrected chi connectivity index (χ3v) is 5.35. The number of sulfonamides is 1. The Morgan fingerprint density at radius 3 is 2.37 bits per heavy atom. The van der Waals surface area contributed by atoms with E-state index in [0.717, 1.165) is 0 Å². The Bertz CT molecular complexity index is 921. The molecule has 0 aliphatic rings. The van der Waals surface area contributed by atoms with Crippen LogP contribution >= 0.6 is 0 Å². The van der Waals surface area contributed by atoms with E-state index in [9.17, 15) is 22.4 Å². The number of hydrazine groups is 1. The van der Waals surface area contributed by atoms with Crippen molar-refractivity contribution in [1.29, 1.82) is 0 Å². The summed E-state index contributed by atoms with van der Waals surface area (Å²) in [7, 11) is -4.03. The molecule has 1 aromatic carbocycles. The molecule has 0 aliphatic carbocycles. The van der Waals surface area contributed by atoms with E-state index in [1.54, 1.807) is 0 Å². The summed E-state index contributed by atoms with van der Waals surface area (Å²) in [6.07, 6.45) is -0.0836. The van der Waals surface area contributed by atoms with Gasteiger partial charge in [-0.15, -0.1) is 0 Å². The zero-order chi connectivity index (χ0) is 20.2. The van der Waals surface area contributed by atoms with Gasteiger partial charge < -0.3 is 4.52 Å². The highest BCUT2D eigenvalue weighted by atomic mass is 32.2. The normalized spacial score (nSPS) is 12.4. The van der Waals surface area contributed by atoms with Crippen molar-refractivity contribution in [2.75, 3.05) is 0 Å². The number of amides is 2. The van der Waals surface area contributed by atoms with Crippen LogP contribution in [0, 0.1) is 19.7 Å². The van der Waals surface area contributed by atoms with Crippen LogP contribution in [0.4, 0.5) is 4.39 Å². The Morgan fingerprint density at radius 2 is 1.81 bits per heavy atom. The molecule has 0 unspecified atom stereocenters. The van der Waals surface area contributed by atoms with E-state index < -0.39 is 33.7 Å². The van der Waals surface area contributed by atoms with Gasteiger partial charge in [0.25, 0.3) is 5.91 Å². The summed E-state index contributed by atoms with van der Waals surface area (Å²) < 4.78 is 44.5. The van der Waals surface area contributed by atoms with Crippen molar-refractivity contribution in [2.24, 2.45) is 0 Å². The molecule has 3 N–H and O–H groups in total. The standard InChI is InChI=1S/C16H19FN4O5S/c1-9-15(11(3)26-20-9)27(24,25)21-10(2)16(23)19-18-14(22)8-12-4-6-13(17)7-5-12/h4-7,10,21H,8H2,1-3H3,(H,18,22)(H,19,23)/t10-/m0/s1. The summed E-state index contributed by atoms with van der Waals surface area (Å²) in [5, 5.41) is 3.56. The van der Waals surface area contributed by atoms with Crippen LogP contribution in [0.3, 0.4) is 0 Å². The molecule has 27 heavy (non-hydrogen) atoms. The minimum atomic E-state index is -4.03. The van der Waals surface area contributed by atoms with Crippen molar-refractivity contribution in [1.82, 2.24) is 20.7 Å². The quantitative estimate of drug-likeness (QED) is 0.607. The fourth-order valence-electron chi connectivity index (χ4n) is 2.27. The van der Waals surface area contributed by atoms with Gasteiger partial charge >= 0.3 is 0 Å². The van der Waals surface area contributed by atoms with Crippen LogP contribution in [0.25, 0.3) is 0 Å². The summed E-state index contributed by atoms with van der Waals surface area (Å²) in [6.45, 7) is 4.22. The fourth-order valence-corrected chi connectivity index (χ4v) is 3.81. The lowest BCUT2D eigenvalue weighted by Crippen LogP contribution is -2.51. The highest BCUT2D eigenvalue weighted by Gasteiger charge is 2.28. The number of aryl methyl sites for hydroxylation is 2. The topological polar surface area (TPSA) is 130 Å². The zero-order valence-corrected chi connectivity index (χ0v) is 15.7. The lowest BCUT2D eigenvalue weighted by molar-refractivity contribution is -0.129. The third-order valence-electron chi connectivity index (χ3n) is 3.56. The predicted molar refractivity (Wildman–Crippen MR) is 92.1 cm³/mol. The zero-order valence-electron chi connectivity index (χ0n) is 14.9. The number of aromatic nitrogens is 1. The molecule has 0 saturated carbocycles. The van der Waals surface area contributed by atoms with Crippen molar-refractivity contribution in [2.45, 2.75) is 38.1 Å². The van der Waals surface area contributed by atoms with Crippen molar-refractivity contribution in [3.05, 3.63) is 47.1 Å². The second kappa shape index (κ2) is 8.27. The lowest BCUT2D eigenvalue weighted by atomic mass is 10.1. The smallest absolute Gasteiger partial charge is 0.256 e. The third kappa shape index (κ3) is 5.34. The average molecular weight is 398 g/mol. The summed E-state index contributed by atoms with van der Waals surface area (Å²) in [5.41, 5.74) is 5.02. The van der Waals surface area contributed by atoms with E-state index in [1.165, 1.54) is 45.0 Å². The molecule has 2 rings (SSSR count). The maximum atomic E-state index is 12.8. The predicted octanol–water partition coefficient (Wildman–Crippen LogP) is 0.487. The second-order valence-corrected chi connectivity index (χ2v) is 7.49. The molecule has 2 aromatic rings. The first-order chi connectivity index (χ1) is 12.6. The Kier molecular flexibility index (Phi) is 6.28. The Morgan fingerprint density at radius 1 is 1.19 bits per heavy atom. The van der Waals surface area contributed by atoms with E-state index in [-0.39, 0.29) is 22.8 Å². The Hall–Kier alpha value is -2.79. The van der Waals surface area contributed by atoms with Crippen LogP contribution < -0.4 is 15.6 Å². The summed E-state index contributed by atoms with van der Waals surface area (Å²) in [4.78, 5) is 23.7. The summed E-state index contributed by atoms with van der Waals surface area (Å²) in [5.74, 6) is -1.64. The molecule has 0 spiro atoms. The average Bonchev–Trinajstić information content (AvgIpc) is 2.93. The number of benzene rings is 1. The molecule has 0 fully saturated rings. The maximum Gasteiger partial charge on any atom is 0.256 e. The Labute approximate surface area is 155 Å². The lowest BCUT2D eigenvalue weighted by Gasteiger charge is -2.14. The fraction of sp³-hybridized carbons (Fsp3) is 0.312. The number of nitrogens with zero attached hydrogens (tertiary/aromatic N) is 1. The van der Waals surface area contributed by atoms with Crippen molar-refractivity contribution in [3.63, 3.8) is 0 Å². The van der Waals surface area contributed by atoms with Gasteiger partial charge in [0.05, 0.1) is 12.5 Å². The number of hydrogen-bond donors (Lipinski definition) is 3. The van der Waals surface area contributed by atoms with Crippen molar-refractivity contribution in [3.8, 4) is 0 Å². The molecular weight excluding hydrogens is 379 g/mol. The van der Waals surface area contributed by atoms with Crippen LogP contribution in [0.1, 0.15) is 23.9 Å². The van der Waals surface area contributed by atoms with Gasteiger partial charge in [-0.1, -0.05) is 17.3 Å². The van der Waals surface area contributed by atoms with E-state index in [0.29, 0.717) is 5.56 Å². The van der Waals surface area contributed by atoms with Gasteiger partial charge in [-0.3, -0.25) is 20.4 Å². The van der Waals surface area contributed by atoms with Gasteiger partial charge in [-0.05, 0) is 38.5 Å². The van der Waals surface area contributed by atoms with E-state index in [1.807, 2.05) is 0 Å². The van der Waals surface area contributed by atoms with Crippen LogP contribution in [-0.2, 0) is 26.0 Å². The molecule has 146 valence electrons. The summed E-state index contributed by atoms with van der Waals surface area (Å²) in [6, 6.07) is 4.14. The molecule has 11 heteroatoms. The van der Waals surface area contributed by atoms with Gasteiger partial charge in [-0.2, -0.15) is 4.72 Å². The SMILES string of the molecule is Cc1noc(C)c1S(=O)(=O)N[C@@H](C)C(=O)NNC(=O)Cc1ccc(F)cc1. The van der Waals surface area contributed by atoms with Crippen molar-refractivity contribution >= 4 is 21.8 Å². The first-order valence-electron chi connectivity index (χ1n) is 7.88. The van der Waals surface area contributed by atoms with Gasteiger partial charge in [0.15, 0.2) is 5.76 Å². The van der Waals surface area contributed by atoms with Gasteiger partial charge in [0, 0.05) is 0 Å². The Balaban J connectivity index is 1.90. The molecule has 0 saturated heterocycles. The van der Waals surface area contributed by atoms with E-state index >= 15 is 0 Å². The van der Waals surface area contributed by atoms with Crippen LogP contribution in [-0.4, -0.2) is 31.4 Å². The monoisotopic (exact) mass is 398 g/mol.